The van der Waals surface area contributed by atoms with E-state index in [0.717, 1.165) is 32.7 Å². The number of hydrogen-bond acceptors (Lipinski definition) is 3. The number of nitrogens with one attached hydrogen (secondary N) is 1. The number of halogens is 2. The lowest BCUT2D eigenvalue weighted by Gasteiger charge is -2.36. The van der Waals surface area contributed by atoms with Gasteiger partial charge in [-0.15, -0.1) is 24.8 Å². The Balaban J connectivity index is 0.00000180. The standard InChI is InChI=1S/C14H27N3O.2ClH/c1-2-17(13-6-4-3-5-7-13)14(18)12-16-10-8-15-9-11-16;;/h13,15H,2-12H2,1H3;2*1H. The Kier molecular flexibility index (Phi) is 10.6. The van der Waals surface area contributed by atoms with Crippen molar-refractivity contribution in [3.8, 4) is 0 Å². The minimum Gasteiger partial charge on any atom is -0.339 e. The molecule has 1 heterocycles. The molecule has 0 bridgehead atoms. The largest absolute Gasteiger partial charge is 0.339 e. The maximum absolute atomic E-state index is 12.4. The van der Waals surface area contributed by atoms with Crippen LogP contribution in [0.4, 0.5) is 0 Å². The van der Waals surface area contributed by atoms with Crippen LogP contribution in [0, 0.1) is 0 Å². The van der Waals surface area contributed by atoms with Gasteiger partial charge < -0.3 is 10.2 Å². The van der Waals surface area contributed by atoms with Crippen molar-refractivity contribution >= 4 is 30.7 Å². The average Bonchev–Trinajstić information content (AvgIpc) is 2.42. The first kappa shape index (κ1) is 20.0. The van der Waals surface area contributed by atoms with Crippen molar-refractivity contribution < 1.29 is 4.79 Å². The van der Waals surface area contributed by atoms with Crippen LogP contribution in [0.2, 0.25) is 0 Å². The molecule has 0 aromatic heterocycles. The first-order valence-corrected chi connectivity index (χ1v) is 7.54. The molecule has 1 saturated heterocycles. The first-order chi connectivity index (χ1) is 8.81. The summed E-state index contributed by atoms with van der Waals surface area (Å²) in [7, 11) is 0. The highest BCUT2D eigenvalue weighted by Gasteiger charge is 2.25. The molecule has 1 aliphatic heterocycles. The van der Waals surface area contributed by atoms with Crippen LogP contribution in [-0.2, 0) is 4.79 Å². The van der Waals surface area contributed by atoms with Gasteiger partial charge in [0.15, 0.2) is 0 Å². The molecule has 1 N–H and O–H groups in total. The van der Waals surface area contributed by atoms with E-state index in [9.17, 15) is 4.79 Å². The molecule has 4 nitrogen and oxygen atoms in total. The minimum absolute atomic E-state index is 0. The van der Waals surface area contributed by atoms with E-state index in [0.29, 0.717) is 18.5 Å². The Hall–Kier alpha value is -0.0300. The molecular weight excluding hydrogens is 297 g/mol. The lowest BCUT2D eigenvalue weighted by Crippen LogP contribution is -2.50. The average molecular weight is 326 g/mol. The van der Waals surface area contributed by atoms with Crippen LogP contribution in [0.3, 0.4) is 0 Å². The van der Waals surface area contributed by atoms with Gasteiger partial charge in [0.2, 0.25) is 5.91 Å². The summed E-state index contributed by atoms with van der Waals surface area (Å²) < 4.78 is 0. The summed E-state index contributed by atoms with van der Waals surface area (Å²) in [5, 5.41) is 3.33. The topological polar surface area (TPSA) is 35.6 Å². The van der Waals surface area contributed by atoms with Crippen molar-refractivity contribution in [1.82, 2.24) is 15.1 Å². The molecule has 1 saturated carbocycles. The highest BCUT2D eigenvalue weighted by Crippen LogP contribution is 2.22. The fourth-order valence-electron chi connectivity index (χ4n) is 3.18. The van der Waals surface area contributed by atoms with E-state index in [2.05, 4.69) is 22.0 Å². The molecule has 0 unspecified atom stereocenters. The van der Waals surface area contributed by atoms with Crippen molar-refractivity contribution in [3.63, 3.8) is 0 Å². The van der Waals surface area contributed by atoms with Gasteiger partial charge >= 0.3 is 0 Å². The Bertz CT molecular complexity index is 267. The Morgan fingerprint density at radius 1 is 1.15 bits per heavy atom. The molecule has 2 rings (SSSR count). The zero-order chi connectivity index (χ0) is 12.8. The van der Waals surface area contributed by atoms with Crippen LogP contribution in [0.5, 0.6) is 0 Å². The normalized spacial score (nSPS) is 20.6. The van der Waals surface area contributed by atoms with Crippen LogP contribution in [0.1, 0.15) is 39.0 Å². The van der Waals surface area contributed by atoms with Crippen molar-refractivity contribution in [2.24, 2.45) is 0 Å². The lowest BCUT2D eigenvalue weighted by atomic mass is 9.94. The molecular formula is C14H29Cl2N3O. The maximum atomic E-state index is 12.4. The van der Waals surface area contributed by atoms with E-state index in [-0.39, 0.29) is 24.8 Å². The predicted octanol–water partition coefficient (Wildman–Crippen LogP) is 1.92. The predicted molar refractivity (Wildman–Crippen MR) is 88.1 cm³/mol. The van der Waals surface area contributed by atoms with Gasteiger partial charge in [-0.25, -0.2) is 0 Å². The number of piperazine rings is 1. The van der Waals surface area contributed by atoms with Gasteiger partial charge in [-0.05, 0) is 19.8 Å². The smallest absolute Gasteiger partial charge is 0.236 e. The molecule has 6 heteroatoms. The summed E-state index contributed by atoms with van der Waals surface area (Å²) in [6.07, 6.45) is 6.35. The van der Waals surface area contributed by atoms with Crippen LogP contribution >= 0.6 is 24.8 Å². The number of likely N-dealkylation sites (N-methyl/N-ethyl adjacent to an activating group) is 1. The van der Waals surface area contributed by atoms with Gasteiger partial charge in [-0.1, -0.05) is 19.3 Å². The monoisotopic (exact) mass is 325 g/mol. The zero-order valence-corrected chi connectivity index (χ0v) is 14.1. The Morgan fingerprint density at radius 3 is 2.30 bits per heavy atom. The molecule has 0 aromatic rings. The van der Waals surface area contributed by atoms with Crippen LogP contribution < -0.4 is 5.32 Å². The summed E-state index contributed by atoms with van der Waals surface area (Å²) in [5.41, 5.74) is 0. The second kappa shape index (κ2) is 10.7. The molecule has 0 aromatic carbocycles. The Labute approximate surface area is 135 Å². The molecule has 0 radical (unpaired) electrons. The van der Waals surface area contributed by atoms with Gasteiger partial charge in [0.1, 0.15) is 0 Å². The summed E-state index contributed by atoms with van der Waals surface area (Å²) >= 11 is 0. The van der Waals surface area contributed by atoms with Gasteiger partial charge in [-0.2, -0.15) is 0 Å². The number of amides is 1. The van der Waals surface area contributed by atoms with E-state index in [1.165, 1.54) is 32.1 Å². The van der Waals surface area contributed by atoms with Crippen molar-refractivity contribution in [1.29, 1.82) is 0 Å². The molecule has 2 fully saturated rings. The van der Waals surface area contributed by atoms with Crippen LogP contribution in [0.15, 0.2) is 0 Å². The molecule has 1 amide bonds. The van der Waals surface area contributed by atoms with E-state index < -0.39 is 0 Å². The number of nitrogens with zero attached hydrogens (tertiary/aromatic N) is 2. The fourth-order valence-corrected chi connectivity index (χ4v) is 3.18. The van der Waals surface area contributed by atoms with Gasteiger partial charge in [0.25, 0.3) is 0 Å². The van der Waals surface area contributed by atoms with E-state index in [1.54, 1.807) is 0 Å². The highest BCUT2D eigenvalue weighted by molar-refractivity contribution is 5.85. The number of hydrogen-bond donors (Lipinski definition) is 1. The quantitative estimate of drug-likeness (QED) is 0.857. The number of carbonyl (C=O) groups is 1. The van der Waals surface area contributed by atoms with E-state index in [4.69, 9.17) is 0 Å². The van der Waals surface area contributed by atoms with Crippen LogP contribution in [-0.4, -0.2) is 61.0 Å². The molecule has 20 heavy (non-hydrogen) atoms. The number of rotatable bonds is 4. The van der Waals surface area contributed by atoms with Crippen molar-refractivity contribution in [2.45, 2.75) is 45.1 Å². The molecule has 0 atom stereocenters. The summed E-state index contributed by atoms with van der Waals surface area (Å²) in [4.78, 5) is 16.8. The lowest BCUT2D eigenvalue weighted by molar-refractivity contribution is -0.135. The third-order valence-corrected chi connectivity index (χ3v) is 4.24. The zero-order valence-electron chi connectivity index (χ0n) is 12.5. The summed E-state index contributed by atoms with van der Waals surface area (Å²) in [6.45, 7) is 7.65. The molecule has 0 spiro atoms. The SMILES string of the molecule is CCN(C(=O)CN1CCNCC1)C1CCCCC1.Cl.Cl. The maximum Gasteiger partial charge on any atom is 0.236 e. The van der Waals surface area contributed by atoms with Crippen molar-refractivity contribution in [2.75, 3.05) is 39.3 Å². The van der Waals surface area contributed by atoms with Gasteiger partial charge in [0.05, 0.1) is 6.54 Å². The molecule has 1 aliphatic carbocycles. The Morgan fingerprint density at radius 2 is 1.75 bits per heavy atom. The second-order valence-corrected chi connectivity index (χ2v) is 5.50. The third-order valence-electron chi connectivity index (χ3n) is 4.24. The first-order valence-electron chi connectivity index (χ1n) is 7.54. The van der Waals surface area contributed by atoms with Crippen LogP contribution in [0.25, 0.3) is 0 Å². The highest BCUT2D eigenvalue weighted by atomic mass is 35.5. The third kappa shape index (κ3) is 5.76. The molecule has 120 valence electrons. The van der Waals surface area contributed by atoms with E-state index >= 15 is 0 Å². The minimum atomic E-state index is 0. The van der Waals surface area contributed by atoms with Gasteiger partial charge in [-0.3, -0.25) is 9.69 Å². The summed E-state index contributed by atoms with van der Waals surface area (Å²) in [5.74, 6) is 0.339. The second-order valence-electron chi connectivity index (χ2n) is 5.50. The molecule has 2 aliphatic rings. The van der Waals surface area contributed by atoms with Crippen molar-refractivity contribution in [3.05, 3.63) is 0 Å². The number of carbonyl (C=O) groups excluding carboxylic acids is 1. The van der Waals surface area contributed by atoms with E-state index in [1.807, 2.05) is 0 Å². The summed E-state index contributed by atoms with van der Waals surface area (Å²) in [6, 6.07) is 0.513. The van der Waals surface area contributed by atoms with Gasteiger partial charge in [0, 0.05) is 38.8 Å². The fraction of sp³-hybridized carbons (Fsp3) is 0.929.